The molecule has 1 aliphatic heterocycles. The van der Waals surface area contributed by atoms with Gasteiger partial charge in [-0.2, -0.15) is 5.10 Å². The summed E-state index contributed by atoms with van der Waals surface area (Å²) in [6.45, 7) is 4.78. The number of nitrogens with one attached hydrogen (secondary N) is 1. The van der Waals surface area contributed by atoms with E-state index in [1.165, 1.54) is 11.8 Å². The lowest BCUT2D eigenvalue weighted by Crippen LogP contribution is -2.31. The van der Waals surface area contributed by atoms with E-state index in [-0.39, 0.29) is 17.6 Å². The summed E-state index contributed by atoms with van der Waals surface area (Å²) >= 11 is 0. The van der Waals surface area contributed by atoms with Crippen molar-refractivity contribution < 1.29 is 9.53 Å². The second kappa shape index (κ2) is 7.65. The molecule has 1 aromatic carbocycles. The summed E-state index contributed by atoms with van der Waals surface area (Å²) in [6, 6.07) is 7.11. The van der Waals surface area contributed by atoms with Crippen molar-refractivity contribution in [2.24, 2.45) is 0 Å². The number of hydrogen-bond donors (Lipinski definition) is 1. The standard InChI is InChI=1S/C18H24N4O3/c1-3-21-16(15-8-5-9-19-11-15)20-22(18(21)24)12-13-6-4-7-14(10-13)17(23)25-2/h4,6-7,10,15,19H,3,5,8-9,11-12H2,1-2H3/t15-/m0/s1. The summed E-state index contributed by atoms with van der Waals surface area (Å²) in [7, 11) is 1.35. The summed E-state index contributed by atoms with van der Waals surface area (Å²) in [6.07, 6.45) is 2.14. The number of carbonyl (C=O) groups is 1. The van der Waals surface area contributed by atoms with Crippen LogP contribution in [0.3, 0.4) is 0 Å². The van der Waals surface area contributed by atoms with E-state index < -0.39 is 0 Å². The monoisotopic (exact) mass is 344 g/mol. The van der Waals surface area contributed by atoms with Crippen LogP contribution in [-0.2, 0) is 17.8 Å². The fraction of sp³-hybridized carbons (Fsp3) is 0.500. The average molecular weight is 344 g/mol. The largest absolute Gasteiger partial charge is 0.465 e. The van der Waals surface area contributed by atoms with Crippen molar-refractivity contribution >= 4 is 5.97 Å². The third-order valence-corrected chi connectivity index (χ3v) is 4.61. The molecule has 1 saturated heterocycles. The van der Waals surface area contributed by atoms with Crippen LogP contribution in [0.25, 0.3) is 0 Å². The molecule has 1 aliphatic rings. The highest BCUT2D eigenvalue weighted by molar-refractivity contribution is 5.89. The molecule has 1 atom stereocenters. The van der Waals surface area contributed by atoms with E-state index in [2.05, 4.69) is 10.4 Å². The molecule has 3 rings (SSSR count). The molecule has 2 aromatic rings. The number of nitrogens with zero attached hydrogens (tertiary/aromatic N) is 3. The topological polar surface area (TPSA) is 78.2 Å². The van der Waals surface area contributed by atoms with Crippen LogP contribution in [0, 0.1) is 0 Å². The predicted molar refractivity (Wildman–Crippen MR) is 93.9 cm³/mol. The van der Waals surface area contributed by atoms with Crippen LogP contribution >= 0.6 is 0 Å². The minimum Gasteiger partial charge on any atom is -0.465 e. The predicted octanol–water partition coefficient (Wildman–Crippen LogP) is 1.37. The molecule has 1 aromatic heterocycles. The molecule has 0 saturated carbocycles. The van der Waals surface area contributed by atoms with Gasteiger partial charge in [-0.25, -0.2) is 14.3 Å². The minimum atomic E-state index is -0.387. The summed E-state index contributed by atoms with van der Waals surface area (Å²) in [4.78, 5) is 24.4. The highest BCUT2D eigenvalue weighted by Crippen LogP contribution is 2.20. The van der Waals surface area contributed by atoms with Gasteiger partial charge >= 0.3 is 11.7 Å². The number of esters is 1. The molecule has 1 fully saturated rings. The molecule has 0 aliphatic carbocycles. The van der Waals surface area contributed by atoms with Gasteiger partial charge in [0.25, 0.3) is 0 Å². The summed E-state index contributed by atoms with van der Waals surface area (Å²) < 4.78 is 7.99. The zero-order chi connectivity index (χ0) is 17.8. The van der Waals surface area contributed by atoms with Crippen LogP contribution in [0.2, 0.25) is 0 Å². The number of ether oxygens (including phenoxy) is 1. The number of methoxy groups -OCH3 is 1. The third kappa shape index (κ3) is 3.66. The minimum absolute atomic E-state index is 0.105. The summed E-state index contributed by atoms with van der Waals surface area (Å²) in [5.41, 5.74) is 1.21. The molecule has 0 spiro atoms. The van der Waals surface area contributed by atoms with Gasteiger partial charge in [0.2, 0.25) is 0 Å². The Hall–Kier alpha value is -2.41. The van der Waals surface area contributed by atoms with E-state index in [0.717, 1.165) is 37.3 Å². The van der Waals surface area contributed by atoms with E-state index in [1.54, 1.807) is 22.8 Å². The molecular weight excluding hydrogens is 320 g/mol. The zero-order valence-corrected chi connectivity index (χ0v) is 14.7. The summed E-state index contributed by atoms with van der Waals surface area (Å²) in [5.74, 6) is 0.732. The smallest absolute Gasteiger partial charge is 0.346 e. The lowest BCUT2D eigenvalue weighted by Gasteiger charge is -2.21. The van der Waals surface area contributed by atoms with Crippen LogP contribution in [0.15, 0.2) is 29.1 Å². The molecule has 0 amide bonds. The molecule has 25 heavy (non-hydrogen) atoms. The third-order valence-electron chi connectivity index (χ3n) is 4.61. The van der Waals surface area contributed by atoms with E-state index in [0.29, 0.717) is 18.7 Å². The van der Waals surface area contributed by atoms with Gasteiger partial charge in [0.15, 0.2) is 0 Å². The Kier molecular flexibility index (Phi) is 5.33. The Balaban J connectivity index is 1.89. The molecule has 7 nitrogen and oxygen atoms in total. The zero-order valence-electron chi connectivity index (χ0n) is 14.7. The van der Waals surface area contributed by atoms with Crippen molar-refractivity contribution in [1.29, 1.82) is 0 Å². The van der Waals surface area contributed by atoms with Gasteiger partial charge in [-0.15, -0.1) is 0 Å². The molecule has 1 N–H and O–H groups in total. The average Bonchev–Trinajstić information content (AvgIpc) is 2.97. The van der Waals surface area contributed by atoms with Crippen molar-refractivity contribution in [2.45, 2.75) is 38.8 Å². The highest BCUT2D eigenvalue weighted by Gasteiger charge is 2.23. The SMILES string of the molecule is CCn1c([C@H]2CCCNC2)nn(Cc2cccc(C(=O)OC)c2)c1=O. The molecule has 0 radical (unpaired) electrons. The number of carbonyl (C=O) groups excluding carboxylic acids is 1. The van der Waals surface area contributed by atoms with Gasteiger partial charge in [-0.1, -0.05) is 12.1 Å². The number of rotatable bonds is 5. The quantitative estimate of drug-likeness (QED) is 0.829. The van der Waals surface area contributed by atoms with Crippen molar-refractivity contribution in [2.75, 3.05) is 20.2 Å². The van der Waals surface area contributed by atoms with Gasteiger partial charge in [0.1, 0.15) is 5.82 Å². The maximum atomic E-state index is 12.7. The van der Waals surface area contributed by atoms with Gasteiger partial charge < -0.3 is 10.1 Å². The molecule has 2 heterocycles. The number of aromatic nitrogens is 3. The Morgan fingerprint density at radius 3 is 2.96 bits per heavy atom. The van der Waals surface area contributed by atoms with E-state index in [4.69, 9.17) is 4.74 Å². The first-order valence-electron chi connectivity index (χ1n) is 8.69. The van der Waals surface area contributed by atoms with Gasteiger partial charge in [-0.3, -0.25) is 4.57 Å². The lowest BCUT2D eigenvalue weighted by molar-refractivity contribution is 0.0600. The molecule has 0 unspecified atom stereocenters. The first-order valence-corrected chi connectivity index (χ1v) is 8.69. The second-order valence-corrected chi connectivity index (χ2v) is 6.28. The van der Waals surface area contributed by atoms with Crippen molar-refractivity contribution in [3.63, 3.8) is 0 Å². The van der Waals surface area contributed by atoms with E-state index in [9.17, 15) is 9.59 Å². The Bertz CT molecular complexity index is 803. The van der Waals surface area contributed by atoms with Crippen molar-refractivity contribution in [1.82, 2.24) is 19.7 Å². The van der Waals surface area contributed by atoms with Crippen LogP contribution in [0.1, 0.15) is 47.4 Å². The fourth-order valence-corrected chi connectivity index (χ4v) is 3.32. The van der Waals surface area contributed by atoms with Crippen LogP contribution in [0.4, 0.5) is 0 Å². The molecule has 134 valence electrons. The number of piperidine rings is 1. The normalized spacial score (nSPS) is 17.4. The fourth-order valence-electron chi connectivity index (χ4n) is 3.32. The van der Waals surface area contributed by atoms with Gasteiger partial charge in [0.05, 0.1) is 19.2 Å². The van der Waals surface area contributed by atoms with E-state index >= 15 is 0 Å². The Labute approximate surface area is 146 Å². The molecular formula is C18H24N4O3. The second-order valence-electron chi connectivity index (χ2n) is 6.28. The summed E-state index contributed by atoms with van der Waals surface area (Å²) in [5, 5.41) is 7.98. The molecule has 7 heteroatoms. The number of benzene rings is 1. The van der Waals surface area contributed by atoms with E-state index in [1.807, 2.05) is 13.0 Å². The lowest BCUT2D eigenvalue weighted by atomic mass is 9.99. The van der Waals surface area contributed by atoms with Crippen LogP contribution in [-0.4, -0.2) is 40.5 Å². The maximum Gasteiger partial charge on any atom is 0.346 e. The van der Waals surface area contributed by atoms with Crippen LogP contribution < -0.4 is 11.0 Å². The maximum absolute atomic E-state index is 12.7. The van der Waals surface area contributed by atoms with Gasteiger partial charge in [-0.05, 0) is 44.0 Å². The Morgan fingerprint density at radius 2 is 2.28 bits per heavy atom. The van der Waals surface area contributed by atoms with Gasteiger partial charge in [0, 0.05) is 19.0 Å². The van der Waals surface area contributed by atoms with Crippen molar-refractivity contribution in [3.8, 4) is 0 Å². The molecule has 0 bridgehead atoms. The first kappa shape index (κ1) is 17.4. The van der Waals surface area contributed by atoms with Crippen LogP contribution in [0.5, 0.6) is 0 Å². The number of hydrogen-bond acceptors (Lipinski definition) is 5. The highest BCUT2D eigenvalue weighted by atomic mass is 16.5. The Morgan fingerprint density at radius 1 is 1.44 bits per heavy atom. The first-order chi connectivity index (χ1) is 12.1. The van der Waals surface area contributed by atoms with Crippen molar-refractivity contribution in [3.05, 3.63) is 51.7 Å².